The van der Waals surface area contributed by atoms with E-state index in [9.17, 15) is 8.78 Å². The summed E-state index contributed by atoms with van der Waals surface area (Å²) in [5.74, 6) is 0.0176. The van der Waals surface area contributed by atoms with Crippen LogP contribution in [0.25, 0.3) is 11.6 Å². The molecule has 0 aliphatic carbocycles. The molecule has 1 N–H and O–H groups in total. The Kier molecular flexibility index (Phi) is 5.85. The lowest BCUT2D eigenvalue weighted by Gasteiger charge is -2.31. The van der Waals surface area contributed by atoms with Gasteiger partial charge in [0, 0.05) is 38.3 Å². The average Bonchev–Trinajstić information content (AvgIpc) is 3.28. The standard InChI is InChI=1S/C20H20ClF2N7O2/c21-18-12(13(22)1-2-14(18)23)10-30-4-3-24-19-16(30)9-15(25-27-19)20-28-26-17(32-20)11-29-5-7-31-8-6-29/h1-2,9H,3-8,10-11H2,(H,24,27). The zero-order valence-electron chi connectivity index (χ0n) is 17.0. The molecule has 0 unspecified atom stereocenters. The Morgan fingerprint density at radius 3 is 2.66 bits per heavy atom. The molecule has 0 radical (unpaired) electrons. The van der Waals surface area contributed by atoms with E-state index < -0.39 is 11.6 Å². The number of nitrogens with zero attached hydrogens (tertiary/aromatic N) is 6. The van der Waals surface area contributed by atoms with Gasteiger partial charge in [-0.25, -0.2) is 8.78 Å². The lowest BCUT2D eigenvalue weighted by molar-refractivity contribution is 0.0306. The third kappa shape index (κ3) is 4.23. The van der Waals surface area contributed by atoms with Crippen LogP contribution in [-0.4, -0.2) is 64.7 Å². The molecule has 9 nitrogen and oxygen atoms in total. The van der Waals surface area contributed by atoms with E-state index in [-0.39, 0.29) is 23.0 Å². The average molecular weight is 464 g/mol. The van der Waals surface area contributed by atoms with Crippen molar-refractivity contribution < 1.29 is 17.9 Å². The van der Waals surface area contributed by atoms with E-state index in [1.54, 1.807) is 6.07 Å². The van der Waals surface area contributed by atoms with E-state index in [0.29, 0.717) is 55.9 Å². The Balaban J connectivity index is 1.39. The van der Waals surface area contributed by atoms with Gasteiger partial charge in [0.1, 0.15) is 11.6 Å². The van der Waals surface area contributed by atoms with Crippen LogP contribution in [0.3, 0.4) is 0 Å². The van der Waals surface area contributed by atoms with Crippen LogP contribution in [0, 0.1) is 11.6 Å². The molecule has 3 aromatic rings. The number of fused-ring (bicyclic) bond motifs is 1. The second kappa shape index (κ2) is 8.93. The Labute approximate surface area is 187 Å². The van der Waals surface area contributed by atoms with Crippen molar-refractivity contribution in [1.82, 2.24) is 25.3 Å². The topological polar surface area (TPSA) is 92.4 Å². The smallest absolute Gasteiger partial charge is 0.268 e. The largest absolute Gasteiger partial charge is 0.418 e. The van der Waals surface area contributed by atoms with Crippen molar-refractivity contribution in [3.8, 4) is 11.6 Å². The van der Waals surface area contributed by atoms with E-state index in [1.807, 2.05) is 4.90 Å². The van der Waals surface area contributed by atoms with Gasteiger partial charge in [0.15, 0.2) is 11.5 Å². The predicted molar refractivity (Wildman–Crippen MR) is 112 cm³/mol. The second-order valence-corrected chi connectivity index (χ2v) is 7.90. The van der Waals surface area contributed by atoms with Crippen LogP contribution in [0.2, 0.25) is 5.02 Å². The van der Waals surface area contributed by atoms with Crippen LogP contribution in [0.15, 0.2) is 22.6 Å². The van der Waals surface area contributed by atoms with Crippen LogP contribution < -0.4 is 10.2 Å². The number of morpholine rings is 1. The van der Waals surface area contributed by atoms with Crippen molar-refractivity contribution in [2.75, 3.05) is 49.6 Å². The Morgan fingerprint density at radius 1 is 1.00 bits per heavy atom. The summed E-state index contributed by atoms with van der Waals surface area (Å²) in [6.07, 6.45) is 0. The third-order valence-corrected chi connectivity index (χ3v) is 5.83. The van der Waals surface area contributed by atoms with Gasteiger partial charge in [-0.2, -0.15) is 0 Å². The first-order chi connectivity index (χ1) is 15.6. The van der Waals surface area contributed by atoms with E-state index in [0.717, 1.165) is 25.2 Å². The third-order valence-electron chi connectivity index (χ3n) is 5.43. The van der Waals surface area contributed by atoms with Gasteiger partial charge in [0.05, 0.1) is 30.5 Å². The molecule has 0 spiro atoms. The molecule has 1 fully saturated rings. The minimum atomic E-state index is -0.661. The van der Waals surface area contributed by atoms with Crippen molar-refractivity contribution >= 4 is 23.1 Å². The highest BCUT2D eigenvalue weighted by Gasteiger charge is 2.24. The Bertz CT molecular complexity index is 1120. The summed E-state index contributed by atoms with van der Waals surface area (Å²) in [6.45, 7) is 4.67. The first-order valence-corrected chi connectivity index (χ1v) is 10.6. The summed E-state index contributed by atoms with van der Waals surface area (Å²) < 4.78 is 39.4. The van der Waals surface area contributed by atoms with Gasteiger partial charge in [0.2, 0.25) is 5.89 Å². The van der Waals surface area contributed by atoms with Crippen LogP contribution in [0.4, 0.5) is 20.3 Å². The number of rotatable bonds is 5. The Hall–Kier alpha value is -2.89. The number of ether oxygens (including phenoxy) is 1. The number of aromatic nitrogens is 4. The molecule has 2 aromatic heterocycles. The normalized spacial score (nSPS) is 16.7. The first-order valence-electron chi connectivity index (χ1n) is 10.2. The van der Waals surface area contributed by atoms with Crippen molar-refractivity contribution in [3.05, 3.63) is 46.3 Å². The molecule has 1 aromatic carbocycles. The maximum absolute atomic E-state index is 14.3. The monoisotopic (exact) mass is 463 g/mol. The minimum Gasteiger partial charge on any atom is -0.418 e. The molecule has 0 amide bonds. The molecule has 32 heavy (non-hydrogen) atoms. The molecular formula is C20H20ClF2N7O2. The van der Waals surface area contributed by atoms with E-state index >= 15 is 0 Å². The predicted octanol–water partition coefficient (Wildman–Crippen LogP) is 2.72. The molecule has 168 valence electrons. The summed E-state index contributed by atoms with van der Waals surface area (Å²) in [4.78, 5) is 4.03. The van der Waals surface area contributed by atoms with Crippen molar-refractivity contribution in [3.63, 3.8) is 0 Å². The lowest BCUT2D eigenvalue weighted by atomic mass is 10.1. The number of hydrogen-bond acceptors (Lipinski definition) is 9. The maximum atomic E-state index is 14.3. The van der Waals surface area contributed by atoms with Crippen molar-refractivity contribution in [1.29, 1.82) is 0 Å². The minimum absolute atomic E-state index is 0.0777. The molecule has 12 heteroatoms. The number of anilines is 2. The molecule has 0 bridgehead atoms. The maximum Gasteiger partial charge on any atom is 0.268 e. The summed E-state index contributed by atoms with van der Waals surface area (Å²) in [6, 6.07) is 3.83. The fraction of sp³-hybridized carbons (Fsp3) is 0.400. The van der Waals surface area contributed by atoms with Crippen molar-refractivity contribution in [2.45, 2.75) is 13.1 Å². The zero-order chi connectivity index (χ0) is 22.1. The Morgan fingerprint density at radius 2 is 1.81 bits per heavy atom. The highest BCUT2D eigenvalue weighted by Crippen LogP contribution is 2.33. The number of benzene rings is 1. The van der Waals surface area contributed by atoms with Crippen LogP contribution >= 0.6 is 11.6 Å². The second-order valence-electron chi connectivity index (χ2n) is 7.52. The number of nitrogens with one attached hydrogen (secondary N) is 1. The fourth-order valence-corrected chi connectivity index (χ4v) is 3.94. The van der Waals surface area contributed by atoms with Gasteiger partial charge >= 0.3 is 0 Å². The highest BCUT2D eigenvalue weighted by atomic mass is 35.5. The van der Waals surface area contributed by atoms with E-state index in [4.69, 9.17) is 20.8 Å². The first kappa shape index (κ1) is 21.0. The highest BCUT2D eigenvalue weighted by molar-refractivity contribution is 6.31. The molecule has 2 aliphatic rings. The molecular weight excluding hydrogens is 444 g/mol. The summed E-state index contributed by atoms with van der Waals surface area (Å²) >= 11 is 6.02. The SMILES string of the molecule is Fc1ccc(F)c(CN2CCNc3nnc(-c4nnc(CN5CCOCC5)o4)cc32)c1Cl. The molecule has 0 atom stereocenters. The molecule has 5 rings (SSSR count). The van der Waals surface area contributed by atoms with Gasteiger partial charge in [-0.3, -0.25) is 4.90 Å². The van der Waals surface area contributed by atoms with Crippen LogP contribution in [0.5, 0.6) is 0 Å². The molecule has 1 saturated heterocycles. The van der Waals surface area contributed by atoms with Crippen LogP contribution in [-0.2, 0) is 17.8 Å². The van der Waals surface area contributed by atoms with Gasteiger partial charge in [-0.15, -0.1) is 20.4 Å². The number of halogens is 3. The van der Waals surface area contributed by atoms with Gasteiger partial charge < -0.3 is 19.4 Å². The molecule has 4 heterocycles. The van der Waals surface area contributed by atoms with Crippen LogP contribution in [0.1, 0.15) is 11.5 Å². The number of hydrogen-bond donors (Lipinski definition) is 1. The summed E-state index contributed by atoms with van der Waals surface area (Å²) in [5.41, 5.74) is 1.14. The van der Waals surface area contributed by atoms with E-state index in [1.165, 1.54) is 0 Å². The zero-order valence-corrected chi connectivity index (χ0v) is 17.8. The van der Waals surface area contributed by atoms with Gasteiger partial charge in [-0.05, 0) is 18.2 Å². The molecule has 2 aliphatic heterocycles. The quantitative estimate of drug-likeness (QED) is 0.573. The van der Waals surface area contributed by atoms with E-state index in [2.05, 4.69) is 30.6 Å². The summed E-state index contributed by atoms with van der Waals surface area (Å²) in [5, 5.41) is 19.5. The molecule has 0 saturated carbocycles. The van der Waals surface area contributed by atoms with Gasteiger partial charge in [-0.1, -0.05) is 11.6 Å². The van der Waals surface area contributed by atoms with Gasteiger partial charge in [0.25, 0.3) is 5.89 Å². The fourth-order valence-electron chi connectivity index (χ4n) is 3.72. The van der Waals surface area contributed by atoms with Crippen molar-refractivity contribution in [2.24, 2.45) is 0 Å². The lowest BCUT2D eigenvalue weighted by Crippen LogP contribution is -2.35. The summed E-state index contributed by atoms with van der Waals surface area (Å²) in [7, 11) is 0.